The first kappa shape index (κ1) is 9.93. The largest absolute Gasteiger partial charge is 0.508 e. The zero-order chi connectivity index (χ0) is 10.8. The van der Waals surface area contributed by atoms with Crippen LogP contribution >= 0.6 is 0 Å². The van der Waals surface area contributed by atoms with Crippen LogP contribution < -0.4 is 5.73 Å². The van der Waals surface area contributed by atoms with E-state index in [1.54, 1.807) is 12.1 Å². The number of alkyl halides is 1. The molecule has 15 heavy (non-hydrogen) atoms. The molecule has 0 heterocycles. The molecule has 0 aliphatic carbocycles. The van der Waals surface area contributed by atoms with Crippen LogP contribution in [0.25, 0.3) is 10.8 Å². The normalized spacial score (nSPS) is 12.9. The summed E-state index contributed by atoms with van der Waals surface area (Å²) in [6.45, 7) is -0.679. The van der Waals surface area contributed by atoms with Crippen molar-refractivity contribution in [2.45, 2.75) is 6.04 Å². The van der Waals surface area contributed by atoms with Crippen molar-refractivity contribution < 1.29 is 9.50 Å². The number of aromatic hydroxyl groups is 1. The number of fused-ring (bicyclic) bond motifs is 1. The van der Waals surface area contributed by atoms with Crippen LogP contribution in [-0.2, 0) is 0 Å². The van der Waals surface area contributed by atoms with Crippen molar-refractivity contribution in [1.29, 1.82) is 0 Å². The Hall–Kier alpha value is -1.61. The van der Waals surface area contributed by atoms with Gasteiger partial charge < -0.3 is 10.8 Å². The van der Waals surface area contributed by atoms with Crippen molar-refractivity contribution in [3.05, 3.63) is 42.0 Å². The molecule has 1 atom stereocenters. The Morgan fingerprint density at radius 1 is 1.20 bits per heavy atom. The van der Waals surface area contributed by atoms with Gasteiger partial charge in [0.15, 0.2) is 0 Å². The number of hydrogen-bond acceptors (Lipinski definition) is 2. The van der Waals surface area contributed by atoms with Crippen LogP contribution in [0.4, 0.5) is 4.39 Å². The third-order valence-corrected chi connectivity index (χ3v) is 2.48. The van der Waals surface area contributed by atoms with E-state index in [0.29, 0.717) is 5.56 Å². The summed E-state index contributed by atoms with van der Waals surface area (Å²) in [6.07, 6.45) is 0. The predicted octanol–water partition coefficient (Wildman–Crippen LogP) is 2.51. The summed E-state index contributed by atoms with van der Waals surface area (Å²) >= 11 is 0. The van der Waals surface area contributed by atoms with E-state index < -0.39 is 12.7 Å². The van der Waals surface area contributed by atoms with E-state index in [-0.39, 0.29) is 5.75 Å². The molecule has 0 saturated carbocycles. The van der Waals surface area contributed by atoms with Crippen LogP contribution in [0, 0.1) is 0 Å². The molecule has 0 fully saturated rings. The van der Waals surface area contributed by atoms with E-state index in [2.05, 4.69) is 0 Å². The zero-order valence-corrected chi connectivity index (χ0v) is 8.15. The van der Waals surface area contributed by atoms with Gasteiger partial charge in [0, 0.05) is 5.56 Å². The second kappa shape index (κ2) is 3.87. The molecule has 0 bridgehead atoms. The van der Waals surface area contributed by atoms with Gasteiger partial charge in [0.25, 0.3) is 0 Å². The van der Waals surface area contributed by atoms with Crippen molar-refractivity contribution in [1.82, 2.24) is 0 Å². The smallest absolute Gasteiger partial charge is 0.121 e. The van der Waals surface area contributed by atoms with E-state index in [0.717, 1.165) is 10.8 Å². The Labute approximate surface area is 87.1 Å². The highest BCUT2D eigenvalue weighted by atomic mass is 19.1. The highest BCUT2D eigenvalue weighted by Crippen LogP contribution is 2.31. The molecule has 0 unspecified atom stereocenters. The van der Waals surface area contributed by atoms with Gasteiger partial charge in [-0.2, -0.15) is 0 Å². The molecular weight excluding hydrogens is 193 g/mol. The van der Waals surface area contributed by atoms with Gasteiger partial charge in [0.2, 0.25) is 0 Å². The summed E-state index contributed by atoms with van der Waals surface area (Å²) < 4.78 is 12.5. The quantitative estimate of drug-likeness (QED) is 0.791. The van der Waals surface area contributed by atoms with Crippen LogP contribution in [-0.4, -0.2) is 11.8 Å². The maximum Gasteiger partial charge on any atom is 0.121 e. The molecule has 78 valence electrons. The highest BCUT2D eigenvalue weighted by molar-refractivity contribution is 5.88. The van der Waals surface area contributed by atoms with Gasteiger partial charge in [-0.25, -0.2) is 4.39 Å². The molecule has 2 aromatic carbocycles. The molecule has 0 radical (unpaired) electrons. The summed E-state index contributed by atoms with van der Waals surface area (Å²) in [6, 6.07) is 10.0. The fourth-order valence-corrected chi connectivity index (χ4v) is 1.75. The molecule has 0 saturated heterocycles. The van der Waals surface area contributed by atoms with E-state index in [4.69, 9.17) is 5.73 Å². The van der Waals surface area contributed by atoms with Gasteiger partial charge in [-0.1, -0.05) is 30.3 Å². The second-order valence-corrected chi connectivity index (χ2v) is 3.48. The van der Waals surface area contributed by atoms with E-state index in [1.807, 2.05) is 24.3 Å². The van der Waals surface area contributed by atoms with Gasteiger partial charge in [0.05, 0.1) is 6.04 Å². The average Bonchev–Trinajstić information content (AvgIpc) is 2.28. The minimum Gasteiger partial charge on any atom is -0.508 e. The van der Waals surface area contributed by atoms with Gasteiger partial charge in [-0.3, -0.25) is 0 Å². The molecule has 2 nitrogen and oxygen atoms in total. The molecule has 3 heteroatoms. The third kappa shape index (κ3) is 1.66. The van der Waals surface area contributed by atoms with Crippen LogP contribution in [0.3, 0.4) is 0 Å². The highest BCUT2D eigenvalue weighted by Gasteiger charge is 2.13. The fourth-order valence-electron chi connectivity index (χ4n) is 1.75. The van der Waals surface area contributed by atoms with E-state index in [1.165, 1.54) is 0 Å². The number of phenols is 1. The lowest BCUT2D eigenvalue weighted by Gasteiger charge is -2.13. The summed E-state index contributed by atoms with van der Waals surface area (Å²) in [7, 11) is 0. The maximum absolute atomic E-state index is 12.5. The van der Waals surface area contributed by atoms with Crippen LogP contribution in [0.2, 0.25) is 0 Å². The Bertz CT molecular complexity index is 484. The number of benzene rings is 2. The first-order valence-corrected chi connectivity index (χ1v) is 4.76. The van der Waals surface area contributed by atoms with Gasteiger partial charge in [-0.15, -0.1) is 0 Å². The third-order valence-electron chi connectivity index (χ3n) is 2.48. The number of phenolic OH excluding ortho intramolecular Hbond substituents is 1. The number of nitrogens with two attached hydrogens (primary N) is 1. The summed E-state index contributed by atoms with van der Waals surface area (Å²) in [4.78, 5) is 0. The second-order valence-electron chi connectivity index (χ2n) is 3.48. The molecule has 2 aromatic rings. The van der Waals surface area contributed by atoms with Crippen molar-refractivity contribution in [2.24, 2.45) is 5.73 Å². The fraction of sp³-hybridized carbons (Fsp3) is 0.167. The van der Waals surface area contributed by atoms with Gasteiger partial charge in [-0.05, 0) is 16.8 Å². The topological polar surface area (TPSA) is 46.2 Å². The SMILES string of the molecule is N[C@H](CF)c1c(O)ccc2ccccc12. The number of hydrogen-bond donors (Lipinski definition) is 2. The molecule has 3 N–H and O–H groups in total. The molecule has 0 spiro atoms. The lowest BCUT2D eigenvalue weighted by Crippen LogP contribution is -2.12. The van der Waals surface area contributed by atoms with Gasteiger partial charge >= 0.3 is 0 Å². The Kier molecular flexibility index (Phi) is 2.56. The first-order valence-electron chi connectivity index (χ1n) is 4.76. The van der Waals surface area contributed by atoms with Crippen molar-refractivity contribution >= 4 is 10.8 Å². The lowest BCUT2D eigenvalue weighted by atomic mass is 9.99. The molecule has 0 amide bonds. The summed E-state index contributed by atoms with van der Waals surface area (Å²) in [5.74, 6) is 0.0545. The summed E-state index contributed by atoms with van der Waals surface area (Å²) in [5.41, 5.74) is 6.11. The Morgan fingerprint density at radius 2 is 1.93 bits per heavy atom. The minimum atomic E-state index is -0.768. The standard InChI is InChI=1S/C12H12FNO/c13-7-10(14)12-9-4-2-1-3-8(9)5-6-11(12)15/h1-6,10,15H,7,14H2/t10-/m1/s1. The van der Waals surface area contributed by atoms with E-state index in [9.17, 15) is 9.50 Å². The molecule has 2 rings (SSSR count). The predicted molar refractivity (Wildman–Crippen MR) is 58.5 cm³/mol. The molecular formula is C12H12FNO. The zero-order valence-electron chi connectivity index (χ0n) is 8.15. The van der Waals surface area contributed by atoms with Crippen molar-refractivity contribution in [2.75, 3.05) is 6.67 Å². The lowest BCUT2D eigenvalue weighted by molar-refractivity contribution is 0.416. The van der Waals surface area contributed by atoms with Crippen LogP contribution in [0.15, 0.2) is 36.4 Å². The monoisotopic (exact) mass is 205 g/mol. The number of halogens is 1. The van der Waals surface area contributed by atoms with Crippen molar-refractivity contribution in [3.63, 3.8) is 0 Å². The minimum absolute atomic E-state index is 0.0545. The Morgan fingerprint density at radius 3 is 2.67 bits per heavy atom. The Balaban J connectivity index is 2.74. The molecule has 0 aliphatic heterocycles. The van der Waals surface area contributed by atoms with Crippen molar-refractivity contribution in [3.8, 4) is 5.75 Å². The number of rotatable bonds is 2. The van der Waals surface area contributed by atoms with Gasteiger partial charge in [0.1, 0.15) is 12.4 Å². The molecule has 0 aliphatic rings. The molecule has 0 aromatic heterocycles. The average molecular weight is 205 g/mol. The maximum atomic E-state index is 12.5. The van der Waals surface area contributed by atoms with Crippen LogP contribution in [0.5, 0.6) is 5.75 Å². The first-order chi connectivity index (χ1) is 7.24. The van der Waals surface area contributed by atoms with Crippen LogP contribution in [0.1, 0.15) is 11.6 Å². The van der Waals surface area contributed by atoms with E-state index >= 15 is 0 Å². The summed E-state index contributed by atoms with van der Waals surface area (Å²) in [5, 5.41) is 11.4.